The van der Waals surface area contributed by atoms with Gasteiger partial charge in [0.2, 0.25) is 0 Å². The van der Waals surface area contributed by atoms with Crippen LogP contribution in [0.2, 0.25) is 0 Å². The van der Waals surface area contributed by atoms with E-state index in [2.05, 4.69) is 15.4 Å². The molecule has 0 unspecified atom stereocenters. The Morgan fingerprint density at radius 3 is 2.50 bits per heavy atom. The Bertz CT molecular complexity index is 1280. The molecule has 0 spiro atoms. The summed E-state index contributed by atoms with van der Waals surface area (Å²) in [6, 6.07) is 17.3. The molecule has 8 heteroatoms. The first-order valence-electron chi connectivity index (χ1n) is 10.0. The van der Waals surface area contributed by atoms with Gasteiger partial charge in [-0.05, 0) is 60.9 Å². The molecule has 2 aromatic carbocycles. The fraction of sp³-hybridized carbons (Fsp3) is 0.125. The van der Waals surface area contributed by atoms with Gasteiger partial charge in [-0.2, -0.15) is 5.10 Å². The second-order valence-corrected chi connectivity index (χ2v) is 7.44. The Hall–Kier alpha value is -4.33. The largest absolute Gasteiger partial charge is 0.347 e. The maximum atomic E-state index is 13.1. The zero-order valence-corrected chi connectivity index (χ0v) is 17.6. The second kappa shape index (κ2) is 8.81. The Morgan fingerprint density at radius 2 is 1.84 bits per heavy atom. The van der Waals surface area contributed by atoms with Gasteiger partial charge < -0.3 is 5.32 Å². The average Bonchev–Trinajstić information content (AvgIpc) is 3.25. The fourth-order valence-electron chi connectivity index (χ4n) is 3.27. The number of nitro groups is 1. The highest BCUT2D eigenvalue weighted by atomic mass is 16.6. The molecule has 0 aliphatic rings. The third-order valence-corrected chi connectivity index (χ3v) is 5.23. The van der Waals surface area contributed by atoms with E-state index in [1.54, 1.807) is 36.7 Å². The Balaban J connectivity index is 1.72. The van der Waals surface area contributed by atoms with Crippen LogP contribution in [0.25, 0.3) is 16.9 Å². The smallest absolute Gasteiger partial charge is 0.270 e. The molecule has 0 radical (unpaired) electrons. The van der Waals surface area contributed by atoms with Crippen LogP contribution in [0.4, 0.5) is 5.69 Å². The molecule has 0 atom stereocenters. The van der Waals surface area contributed by atoms with Crippen molar-refractivity contribution >= 4 is 11.6 Å². The highest BCUT2D eigenvalue weighted by Crippen LogP contribution is 2.25. The molecule has 2 heterocycles. The summed E-state index contributed by atoms with van der Waals surface area (Å²) in [6.07, 6.45) is 3.36. The predicted molar refractivity (Wildman–Crippen MR) is 121 cm³/mol. The maximum absolute atomic E-state index is 13.1. The summed E-state index contributed by atoms with van der Waals surface area (Å²) < 4.78 is 1.51. The van der Waals surface area contributed by atoms with Crippen LogP contribution in [0, 0.1) is 24.0 Å². The molecule has 1 N–H and O–H groups in total. The van der Waals surface area contributed by atoms with E-state index in [1.165, 1.54) is 16.8 Å². The molecule has 1 amide bonds. The van der Waals surface area contributed by atoms with Gasteiger partial charge >= 0.3 is 0 Å². The Morgan fingerprint density at radius 1 is 1.06 bits per heavy atom. The number of benzene rings is 2. The van der Waals surface area contributed by atoms with Crippen molar-refractivity contribution in [2.45, 2.75) is 20.4 Å². The zero-order valence-electron chi connectivity index (χ0n) is 17.6. The summed E-state index contributed by atoms with van der Waals surface area (Å²) in [5.74, 6) is -0.310. The van der Waals surface area contributed by atoms with Gasteiger partial charge in [-0.15, -0.1) is 0 Å². The molecule has 8 nitrogen and oxygen atoms in total. The summed E-state index contributed by atoms with van der Waals surface area (Å²) in [4.78, 5) is 27.7. The van der Waals surface area contributed by atoms with Crippen molar-refractivity contribution in [3.05, 3.63) is 106 Å². The lowest BCUT2D eigenvalue weighted by molar-refractivity contribution is -0.384. The summed E-state index contributed by atoms with van der Waals surface area (Å²) in [7, 11) is 0. The van der Waals surface area contributed by atoms with Crippen molar-refractivity contribution in [1.29, 1.82) is 0 Å². The lowest BCUT2D eigenvalue weighted by Crippen LogP contribution is -2.25. The zero-order chi connectivity index (χ0) is 22.7. The van der Waals surface area contributed by atoms with E-state index < -0.39 is 4.92 Å². The predicted octanol–water partition coefficient (Wildman–Crippen LogP) is 4.39. The van der Waals surface area contributed by atoms with Crippen molar-refractivity contribution in [2.75, 3.05) is 0 Å². The van der Waals surface area contributed by atoms with Gasteiger partial charge in [-0.1, -0.05) is 18.2 Å². The van der Waals surface area contributed by atoms with Crippen LogP contribution in [-0.4, -0.2) is 25.6 Å². The van der Waals surface area contributed by atoms with Crippen molar-refractivity contribution in [3.8, 4) is 16.9 Å². The van der Waals surface area contributed by atoms with Crippen LogP contribution in [0.5, 0.6) is 0 Å². The van der Waals surface area contributed by atoms with Gasteiger partial charge in [0.1, 0.15) is 5.69 Å². The molecule has 4 rings (SSSR count). The summed E-state index contributed by atoms with van der Waals surface area (Å²) in [5, 5.41) is 18.5. The lowest BCUT2D eigenvalue weighted by atomic mass is 10.0. The van der Waals surface area contributed by atoms with Crippen molar-refractivity contribution in [1.82, 2.24) is 20.1 Å². The Kier molecular flexibility index (Phi) is 5.76. The molecule has 0 saturated carbocycles. The van der Waals surface area contributed by atoms with Crippen LogP contribution < -0.4 is 5.32 Å². The van der Waals surface area contributed by atoms with E-state index in [4.69, 9.17) is 0 Å². The first kappa shape index (κ1) is 20.9. The normalized spacial score (nSPS) is 10.7. The number of nitro benzene ring substituents is 1. The first-order chi connectivity index (χ1) is 15.4. The van der Waals surface area contributed by atoms with Crippen LogP contribution in [0.15, 0.2) is 73.1 Å². The number of hydrogen-bond acceptors (Lipinski definition) is 5. The molecule has 0 aliphatic carbocycles. The van der Waals surface area contributed by atoms with Crippen LogP contribution in [0.3, 0.4) is 0 Å². The van der Waals surface area contributed by atoms with Crippen molar-refractivity contribution < 1.29 is 9.72 Å². The number of rotatable bonds is 6. The van der Waals surface area contributed by atoms with E-state index in [0.717, 1.165) is 22.3 Å². The van der Waals surface area contributed by atoms with Gasteiger partial charge in [0.15, 0.2) is 0 Å². The topological polar surface area (TPSA) is 103 Å². The molecule has 32 heavy (non-hydrogen) atoms. The fourth-order valence-corrected chi connectivity index (χ4v) is 3.27. The minimum atomic E-state index is -0.463. The van der Waals surface area contributed by atoms with E-state index in [0.29, 0.717) is 23.6 Å². The number of hydrogen-bond donors (Lipinski definition) is 1. The number of amides is 1. The van der Waals surface area contributed by atoms with E-state index in [1.807, 2.05) is 38.1 Å². The van der Waals surface area contributed by atoms with E-state index in [-0.39, 0.29) is 11.6 Å². The number of nitrogens with one attached hydrogen (secondary N) is 1. The van der Waals surface area contributed by atoms with Gasteiger partial charge in [0, 0.05) is 36.6 Å². The number of non-ortho nitro benzene ring substituents is 1. The quantitative estimate of drug-likeness (QED) is 0.363. The van der Waals surface area contributed by atoms with Gasteiger partial charge in [0.25, 0.3) is 11.6 Å². The molecule has 160 valence electrons. The molecule has 4 aromatic rings. The first-order valence-corrected chi connectivity index (χ1v) is 10.0. The number of carbonyl (C=O) groups excluding carboxylic acids is 1. The van der Waals surface area contributed by atoms with Crippen molar-refractivity contribution in [2.24, 2.45) is 0 Å². The Labute approximate surface area is 184 Å². The minimum Gasteiger partial charge on any atom is -0.347 e. The molecular formula is C24H21N5O3. The summed E-state index contributed by atoms with van der Waals surface area (Å²) in [5.41, 5.74) is 5.53. The third-order valence-electron chi connectivity index (χ3n) is 5.23. The maximum Gasteiger partial charge on any atom is 0.270 e. The molecule has 2 aromatic heterocycles. The van der Waals surface area contributed by atoms with E-state index in [9.17, 15) is 14.9 Å². The second-order valence-electron chi connectivity index (χ2n) is 7.44. The number of aromatic nitrogens is 3. The average molecular weight is 427 g/mol. The molecule has 0 bridgehead atoms. The van der Waals surface area contributed by atoms with Crippen LogP contribution in [0.1, 0.15) is 27.2 Å². The summed E-state index contributed by atoms with van der Waals surface area (Å²) >= 11 is 0. The number of pyridine rings is 1. The van der Waals surface area contributed by atoms with E-state index >= 15 is 0 Å². The SMILES string of the molecule is Cc1ccc(-c2cc(C(=O)NCc3cccnc3)n(-c3ccc([N+](=O)[O-])cc3)n2)cc1C. The molecule has 0 fully saturated rings. The van der Waals surface area contributed by atoms with Gasteiger partial charge in [-0.25, -0.2) is 4.68 Å². The number of carbonyl (C=O) groups is 1. The van der Waals surface area contributed by atoms with Gasteiger partial charge in [0.05, 0.1) is 16.3 Å². The minimum absolute atomic E-state index is 0.0298. The van der Waals surface area contributed by atoms with Gasteiger partial charge in [-0.3, -0.25) is 19.9 Å². The van der Waals surface area contributed by atoms with Crippen molar-refractivity contribution in [3.63, 3.8) is 0 Å². The number of aryl methyl sites for hydroxylation is 2. The van der Waals surface area contributed by atoms with Crippen LogP contribution >= 0.6 is 0 Å². The number of nitrogens with zero attached hydrogens (tertiary/aromatic N) is 4. The highest BCUT2D eigenvalue weighted by Gasteiger charge is 2.18. The molecular weight excluding hydrogens is 406 g/mol. The lowest BCUT2D eigenvalue weighted by Gasteiger charge is -2.08. The molecule has 0 saturated heterocycles. The standard InChI is InChI=1S/C24H21N5O3/c1-16-5-6-19(12-17(16)2)22-13-23(24(30)26-15-18-4-3-11-25-14-18)28(27-22)20-7-9-21(10-8-20)29(31)32/h3-14H,15H2,1-2H3,(H,26,30). The van der Waals surface area contributed by atoms with Crippen LogP contribution in [-0.2, 0) is 6.54 Å². The summed E-state index contributed by atoms with van der Waals surface area (Å²) in [6.45, 7) is 4.37. The molecule has 0 aliphatic heterocycles. The third kappa shape index (κ3) is 4.39. The highest BCUT2D eigenvalue weighted by molar-refractivity contribution is 5.94. The monoisotopic (exact) mass is 427 g/mol.